The van der Waals surface area contributed by atoms with Crippen LogP contribution in [0.25, 0.3) is 0 Å². The molecule has 0 saturated carbocycles. The molecule has 0 atom stereocenters. The Morgan fingerprint density at radius 3 is 2.67 bits per heavy atom. The summed E-state index contributed by atoms with van der Waals surface area (Å²) in [5, 5.41) is 8.89. The van der Waals surface area contributed by atoms with Gasteiger partial charge in [-0.2, -0.15) is 5.26 Å². The Hall–Kier alpha value is -1.58. The van der Waals surface area contributed by atoms with Gasteiger partial charge in [0, 0.05) is 32.7 Å². The summed E-state index contributed by atoms with van der Waals surface area (Å²) >= 11 is 0. The molecule has 1 fully saturated rings. The number of ether oxygens (including phenoxy) is 1. The summed E-state index contributed by atoms with van der Waals surface area (Å²) in [5.41, 5.74) is 1.82. The van der Waals surface area contributed by atoms with E-state index in [1.807, 2.05) is 31.2 Å². The van der Waals surface area contributed by atoms with Crippen molar-refractivity contribution in [1.29, 1.82) is 5.26 Å². The van der Waals surface area contributed by atoms with Crippen LogP contribution in [0.15, 0.2) is 24.3 Å². The van der Waals surface area contributed by atoms with Crippen molar-refractivity contribution in [2.45, 2.75) is 13.5 Å². The molecule has 1 aliphatic rings. The van der Waals surface area contributed by atoms with Crippen molar-refractivity contribution in [3.63, 3.8) is 0 Å². The number of amides is 1. The van der Waals surface area contributed by atoms with Gasteiger partial charge in [0.25, 0.3) is 0 Å². The van der Waals surface area contributed by atoms with Crippen molar-refractivity contribution in [3.8, 4) is 6.07 Å². The molecule has 1 heterocycles. The van der Waals surface area contributed by atoms with E-state index in [1.165, 1.54) is 0 Å². The predicted octanol–water partition coefficient (Wildman–Crippen LogP) is 2.41. The number of benzene rings is 1. The van der Waals surface area contributed by atoms with Crippen LogP contribution in [-0.2, 0) is 11.3 Å². The standard InChI is InChI=1S/C15H19N3O2.BrH/c1-2-20-15(19)18-8-6-17(7-9-18)12-14-5-3-4-13(10-14)11-16;/h3-5,10H,2,6-9,12H2,1H3;1H. The van der Waals surface area contributed by atoms with Crippen molar-refractivity contribution in [2.24, 2.45) is 0 Å². The lowest BCUT2D eigenvalue weighted by atomic mass is 10.1. The highest BCUT2D eigenvalue weighted by molar-refractivity contribution is 8.93. The molecule has 2 rings (SSSR count). The average molecular weight is 354 g/mol. The summed E-state index contributed by atoms with van der Waals surface area (Å²) in [6.45, 7) is 6.08. The lowest BCUT2D eigenvalue weighted by molar-refractivity contribution is 0.0778. The maximum Gasteiger partial charge on any atom is 0.409 e. The Bertz CT molecular complexity index is 508. The van der Waals surface area contributed by atoms with E-state index in [2.05, 4.69) is 11.0 Å². The van der Waals surface area contributed by atoms with E-state index < -0.39 is 0 Å². The maximum absolute atomic E-state index is 11.6. The molecule has 0 N–H and O–H groups in total. The Morgan fingerprint density at radius 1 is 1.33 bits per heavy atom. The third-order valence-corrected chi connectivity index (χ3v) is 3.36. The molecule has 1 amide bonds. The molecule has 1 aromatic carbocycles. The van der Waals surface area contributed by atoms with Gasteiger partial charge in [0.2, 0.25) is 0 Å². The van der Waals surface area contributed by atoms with Gasteiger partial charge in [0.1, 0.15) is 0 Å². The summed E-state index contributed by atoms with van der Waals surface area (Å²) in [7, 11) is 0. The smallest absolute Gasteiger partial charge is 0.409 e. The van der Waals surface area contributed by atoms with E-state index in [-0.39, 0.29) is 23.1 Å². The van der Waals surface area contributed by atoms with E-state index >= 15 is 0 Å². The van der Waals surface area contributed by atoms with Gasteiger partial charge in [-0.1, -0.05) is 12.1 Å². The summed E-state index contributed by atoms with van der Waals surface area (Å²) in [4.78, 5) is 15.6. The van der Waals surface area contributed by atoms with Crippen LogP contribution in [0.3, 0.4) is 0 Å². The monoisotopic (exact) mass is 353 g/mol. The predicted molar refractivity (Wildman–Crippen MR) is 85.4 cm³/mol. The zero-order valence-corrected chi connectivity index (χ0v) is 13.8. The minimum atomic E-state index is -0.223. The molecule has 0 unspecified atom stereocenters. The van der Waals surface area contributed by atoms with E-state index in [1.54, 1.807) is 4.90 Å². The first-order chi connectivity index (χ1) is 9.72. The molecule has 0 spiro atoms. The van der Waals surface area contributed by atoms with Crippen molar-refractivity contribution in [1.82, 2.24) is 9.80 Å². The van der Waals surface area contributed by atoms with Crippen molar-refractivity contribution in [2.75, 3.05) is 32.8 Å². The fourth-order valence-corrected chi connectivity index (χ4v) is 2.30. The van der Waals surface area contributed by atoms with Gasteiger partial charge in [-0.3, -0.25) is 4.90 Å². The highest BCUT2D eigenvalue weighted by Gasteiger charge is 2.21. The van der Waals surface area contributed by atoms with Gasteiger partial charge in [-0.05, 0) is 24.6 Å². The molecule has 0 bridgehead atoms. The Labute approximate surface area is 135 Å². The molecule has 21 heavy (non-hydrogen) atoms. The van der Waals surface area contributed by atoms with Crippen LogP contribution in [0.5, 0.6) is 0 Å². The molecule has 0 aromatic heterocycles. The van der Waals surface area contributed by atoms with Crippen LogP contribution in [0.1, 0.15) is 18.1 Å². The molecule has 5 nitrogen and oxygen atoms in total. The highest BCUT2D eigenvalue weighted by atomic mass is 79.9. The second-order valence-corrected chi connectivity index (χ2v) is 4.77. The fraction of sp³-hybridized carbons (Fsp3) is 0.467. The molecule has 114 valence electrons. The van der Waals surface area contributed by atoms with E-state index in [4.69, 9.17) is 10.00 Å². The summed E-state index contributed by atoms with van der Waals surface area (Å²) in [5.74, 6) is 0. The van der Waals surface area contributed by atoms with Crippen LogP contribution in [-0.4, -0.2) is 48.7 Å². The number of hydrogen-bond donors (Lipinski definition) is 0. The van der Waals surface area contributed by atoms with Crippen LogP contribution < -0.4 is 0 Å². The maximum atomic E-state index is 11.6. The van der Waals surface area contributed by atoms with Gasteiger partial charge < -0.3 is 9.64 Å². The van der Waals surface area contributed by atoms with Crippen LogP contribution in [0.2, 0.25) is 0 Å². The largest absolute Gasteiger partial charge is 0.450 e. The van der Waals surface area contributed by atoms with Crippen LogP contribution >= 0.6 is 17.0 Å². The number of piperazine rings is 1. The molecule has 1 aromatic rings. The van der Waals surface area contributed by atoms with Crippen molar-refractivity contribution < 1.29 is 9.53 Å². The summed E-state index contributed by atoms with van der Waals surface area (Å²) in [6, 6.07) is 9.81. The SMILES string of the molecule is Br.CCOC(=O)N1CCN(Cc2cccc(C#N)c2)CC1. The molecule has 6 heteroatoms. The zero-order valence-electron chi connectivity index (χ0n) is 12.1. The fourth-order valence-electron chi connectivity index (χ4n) is 2.30. The minimum absolute atomic E-state index is 0. The highest BCUT2D eigenvalue weighted by Crippen LogP contribution is 2.11. The number of carbonyl (C=O) groups is 1. The number of nitriles is 1. The molecule has 0 radical (unpaired) electrons. The first-order valence-electron chi connectivity index (χ1n) is 6.86. The lowest BCUT2D eigenvalue weighted by Crippen LogP contribution is -2.48. The molecule has 1 saturated heterocycles. The Balaban J connectivity index is 0.00000220. The van der Waals surface area contributed by atoms with E-state index in [0.29, 0.717) is 25.3 Å². The van der Waals surface area contributed by atoms with Crippen molar-refractivity contribution in [3.05, 3.63) is 35.4 Å². The van der Waals surface area contributed by atoms with Gasteiger partial charge in [-0.15, -0.1) is 17.0 Å². The number of nitrogens with zero attached hydrogens (tertiary/aromatic N) is 3. The average Bonchev–Trinajstić information content (AvgIpc) is 2.48. The second kappa shape index (κ2) is 8.65. The molecular weight excluding hydrogens is 334 g/mol. The van der Waals surface area contributed by atoms with Gasteiger partial charge in [0.15, 0.2) is 0 Å². The Morgan fingerprint density at radius 2 is 2.05 bits per heavy atom. The normalized spacial score (nSPS) is 15.0. The third kappa shape index (κ3) is 5.03. The van der Waals surface area contributed by atoms with E-state index in [9.17, 15) is 4.79 Å². The first kappa shape index (κ1) is 17.5. The second-order valence-electron chi connectivity index (χ2n) is 4.77. The first-order valence-corrected chi connectivity index (χ1v) is 6.86. The quantitative estimate of drug-likeness (QED) is 0.837. The molecule has 0 aliphatic carbocycles. The number of carbonyl (C=O) groups excluding carboxylic acids is 1. The third-order valence-electron chi connectivity index (χ3n) is 3.36. The van der Waals surface area contributed by atoms with Crippen molar-refractivity contribution >= 4 is 23.1 Å². The van der Waals surface area contributed by atoms with Gasteiger partial charge >= 0.3 is 6.09 Å². The minimum Gasteiger partial charge on any atom is -0.450 e. The van der Waals surface area contributed by atoms with Crippen LogP contribution in [0.4, 0.5) is 4.79 Å². The summed E-state index contributed by atoms with van der Waals surface area (Å²) in [6.07, 6.45) is -0.223. The number of halogens is 1. The molecule has 1 aliphatic heterocycles. The zero-order chi connectivity index (χ0) is 14.4. The van der Waals surface area contributed by atoms with Gasteiger partial charge in [0.05, 0.1) is 18.2 Å². The number of rotatable bonds is 3. The van der Waals surface area contributed by atoms with Gasteiger partial charge in [-0.25, -0.2) is 4.79 Å². The summed E-state index contributed by atoms with van der Waals surface area (Å²) < 4.78 is 5.00. The number of hydrogen-bond acceptors (Lipinski definition) is 4. The Kier molecular flexibility index (Phi) is 7.20. The lowest BCUT2D eigenvalue weighted by Gasteiger charge is -2.34. The van der Waals surface area contributed by atoms with E-state index in [0.717, 1.165) is 25.2 Å². The topological polar surface area (TPSA) is 56.6 Å². The van der Waals surface area contributed by atoms with Crippen LogP contribution in [0, 0.1) is 11.3 Å². The molecular formula is C15H20BrN3O2.